The van der Waals surface area contributed by atoms with E-state index in [4.69, 9.17) is 0 Å². The molecule has 0 amide bonds. The van der Waals surface area contributed by atoms with Gasteiger partial charge in [0.25, 0.3) is 0 Å². The lowest BCUT2D eigenvalue weighted by atomic mass is 10.2. The number of para-hydroxylation sites is 2. The Bertz CT molecular complexity index is 690. The molecular weight excluding hydrogens is 218 g/mol. The summed E-state index contributed by atoms with van der Waals surface area (Å²) in [6, 6.07) is 18.9. The van der Waals surface area contributed by atoms with Gasteiger partial charge in [-0.05, 0) is 25.1 Å². The lowest BCUT2D eigenvalue weighted by molar-refractivity contribution is 1.13. The van der Waals surface area contributed by atoms with Crippen molar-refractivity contribution in [3.63, 3.8) is 0 Å². The first-order valence-electron chi connectivity index (χ1n) is 6.18. The Labute approximate surface area is 107 Å². The Morgan fingerprint density at radius 3 is 2.39 bits per heavy atom. The van der Waals surface area contributed by atoms with E-state index >= 15 is 0 Å². The minimum Gasteiger partial charge on any atom is -0.316 e. The molecule has 2 aromatic carbocycles. The molecule has 0 fully saturated rings. The number of rotatable bonds is 2. The number of fused-ring (bicyclic) bond motifs is 1. The topological polar surface area (TPSA) is 4.93 Å². The van der Waals surface area contributed by atoms with E-state index in [9.17, 15) is 0 Å². The van der Waals surface area contributed by atoms with E-state index in [1.54, 1.807) is 0 Å². The number of benzene rings is 2. The number of aromatic nitrogens is 1. The molecule has 1 aromatic heterocycles. The van der Waals surface area contributed by atoms with Gasteiger partial charge in [-0.1, -0.05) is 48.6 Å². The van der Waals surface area contributed by atoms with Gasteiger partial charge >= 0.3 is 0 Å². The summed E-state index contributed by atoms with van der Waals surface area (Å²) < 4.78 is 2.24. The lowest BCUT2D eigenvalue weighted by Gasteiger charge is -2.04. The zero-order chi connectivity index (χ0) is 12.4. The molecule has 0 spiro atoms. The quantitative estimate of drug-likeness (QED) is 0.606. The molecule has 0 aliphatic carbocycles. The van der Waals surface area contributed by atoms with Crippen LogP contribution in [0.15, 0.2) is 66.9 Å². The highest BCUT2D eigenvalue weighted by Gasteiger charge is 2.06. The average molecular weight is 233 g/mol. The molecule has 0 saturated carbocycles. The first-order chi connectivity index (χ1) is 8.90. The van der Waals surface area contributed by atoms with Crippen molar-refractivity contribution in [1.82, 2.24) is 4.57 Å². The SMILES string of the molecule is C/C=C\c1cn(-c2ccccc2)c2ccccc12. The van der Waals surface area contributed by atoms with Crippen LogP contribution in [-0.2, 0) is 0 Å². The maximum atomic E-state index is 2.24. The van der Waals surface area contributed by atoms with E-state index in [0.29, 0.717) is 0 Å². The van der Waals surface area contributed by atoms with E-state index in [1.165, 1.54) is 22.2 Å². The van der Waals surface area contributed by atoms with E-state index in [-0.39, 0.29) is 0 Å². The predicted molar refractivity (Wildman–Crippen MR) is 78.0 cm³/mol. The molecular formula is C17H15N. The molecule has 1 heterocycles. The molecule has 1 heteroatoms. The molecule has 88 valence electrons. The van der Waals surface area contributed by atoms with Crippen LogP contribution in [0.25, 0.3) is 22.7 Å². The summed E-state index contributed by atoms with van der Waals surface area (Å²) in [5.74, 6) is 0. The van der Waals surface area contributed by atoms with Crippen molar-refractivity contribution in [2.75, 3.05) is 0 Å². The highest BCUT2D eigenvalue weighted by molar-refractivity contribution is 5.90. The first kappa shape index (κ1) is 10.8. The summed E-state index contributed by atoms with van der Waals surface area (Å²) in [4.78, 5) is 0. The van der Waals surface area contributed by atoms with E-state index in [2.05, 4.69) is 78.4 Å². The van der Waals surface area contributed by atoms with E-state index < -0.39 is 0 Å². The summed E-state index contributed by atoms with van der Waals surface area (Å²) in [7, 11) is 0. The molecule has 0 bridgehead atoms. The fourth-order valence-electron chi connectivity index (χ4n) is 2.32. The van der Waals surface area contributed by atoms with Crippen LogP contribution in [0.1, 0.15) is 12.5 Å². The van der Waals surface area contributed by atoms with Gasteiger partial charge in [-0.15, -0.1) is 0 Å². The molecule has 0 unspecified atom stereocenters. The first-order valence-corrected chi connectivity index (χ1v) is 6.18. The van der Waals surface area contributed by atoms with Crippen molar-refractivity contribution in [2.45, 2.75) is 6.92 Å². The van der Waals surface area contributed by atoms with Crippen LogP contribution >= 0.6 is 0 Å². The van der Waals surface area contributed by atoms with Crippen molar-refractivity contribution in [1.29, 1.82) is 0 Å². The standard InChI is InChI=1S/C17H15N/c1-2-8-14-13-18(15-9-4-3-5-10-15)17-12-7-6-11-16(14)17/h2-13H,1H3/b8-2-. The van der Waals surface area contributed by atoms with Gasteiger partial charge in [0.2, 0.25) is 0 Å². The average Bonchev–Trinajstić information content (AvgIpc) is 2.80. The molecule has 0 aliphatic rings. The molecule has 0 radical (unpaired) electrons. The van der Waals surface area contributed by atoms with Crippen molar-refractivity contribution in [3.05, 3.63) is 72.4 Å². The second kappa shape index (κ2) is 4.53. The van der Waals surface area contributed by atoms with Gasteiger partial charge in [0.15, 0.2) is 0 Å². The second-order valence-corrected chi connectivity index (χ2v) is 4.31. The van der Waals surface area contributed by atoms with Gasteiger partial charge in [-0.2, -0.15) is 0 Å². The zero-order valence-electron chi connectivity index (χ0n) is 10.4. The number of hydrogen-bond acceptors (Lipinski definition) is 0. The predicted octanol–water partition coefficient (Wildman–Crippen LogP) is 4.66. The largest absolute Gasteiger partial charge is 0.316 e. The third-order valence-corrected chi connectivity index (χ3v) is 3.12. The van der Waals surface area contributed by atoms with Crippen LogP contribution < -0.4 is 0 Å². The normalized spacial score (nSPS) is 11.4. The zero-order valence-corrected chi connectivity index (χ0v) is 10.4. The summed E-state index contributed by atoms with van der Waals surface area (Å²) in [5.41, 5.74) is 3.71. The Balaban J connectivity index is 2.30. The maximum absolute atomic E-state index is 2.24. The fraction of sp³-hybridized carbons (Fsp3) is 0.0588. The highest BCUT2D eigenvalue weighted by atomic mass is 15.0. The molecule has 1 nitrogen and oxygen atoms in total. The molecule has 0 saturated heterocycles. The van der Waals surface area contributed by atoms with Crippen LogP contribution in [0.4, 0.5) is 0 Å². The Morgan fingerprint density at radius 1 is 0.889 bits per heavy atom. The fourth-order valence-corrected chi connectivity index (χ4v) is 2.32. The van der Waals surface area contributed by atoms with E-state index in [0.717, 1.165) is 0 Å². The van der Waals surface area contributed by atoms with Crippen molar-refractivity contribution in [3.8, 4) is 5.69 Å². The second-order valence-electron chi connectivity index (χ2n) is 4.31. The summed E-state index contributed by atoms with van der Waals surface area (Å²) >= 11 is 0. The van der Waals surface area contributed by atoms with Gasteiger partial charge < -0.3 is 4.57 Å². The third-order valence-electron chi connectivity index (χ3n) is 3.12. The van der Waals surface area contributed by atoms with Crippen LogP contribution in [0, 0.1) is 0 Å². The van der Waals surface area contributed by atoms with Crippen LogP contribution in [-0.4, -0.2) is 4.57 Å². The molecule has 0 N–H and O–H groups in total. The monoisotopic (exact) mass is 233 g/mol. The summed E-state index contributed by atoms with van der Waals surface area (Å²) in [6.45, 7) is 2.05. The molecule has 3 rings (SSSR count). The van der Waals surface area contributed by atoms with Crippen molar-refractivity contribution >= 4 is 17.0 Å². The van der Waals surface area contributed by atoms with Gasteiger partial charge in [-0.3, -0.25) is 0 Å². The number of hydrogen-bond donors (Lipinski definition) is 0. The van der Waals surface area contributed by atoms with Crippen LogP contribution in [0.2, 0.25) is 0 Å². The van der Waals surface area contributed by atoms with Crippen molar-refractivity contribution < 1.29 is 0 Å². The van der Waals surface area contributed by atoms with Crippen molar-refractivity contribution in [2.24, 2.45) is 0 Å². The van der Waals surface area contributed by atoms with Crippen LogP contribution in [0.3, 0.4) is 0 Å². The lowest BCUT2D eigenvalue weighted by Crippen LogP contribution is -1.90. The van der Waals surface area contributed by atoms with Crippen LogP contribution in [0.5, 0.6) is 0 Å². The van der Waals surface area contributed by atoms with E-state index in [1.807, 2.05) is 6.07 Å². The van der Waals surface area contributed by atoms with Gasteiger partial charge in [0.05, 0.1) is 5.52 Å². The molecule has 0 aliphatic heterocycles. The smallest absolute Gasteiger partial charge is 0.0534 e. The van der Waals surface area contributed by atoms with Gasteiger partial charge in [0, 0.05) is 22.8 Å². The summed E-state index contributed by atoms with van der Waals surface area (Å²) in [6.07, 6.45) is 6.43. The minimum absolute atomic E-state index is 1.20. The Hall–Kier alpha value is -2.28. The maximum Gasteiger partial charge on any atom is 0.0534 e. The molecule has 0 atom stereocenters. The third kappa shape index (κ3) is 1.74. The van der Waals surface area contributed by atoms with Gasteiger partial charge in [0.1, 0.15) is 0 Å². The minimum atomic E-state index is 1.20. The Kier molecular flexibility index (Phi) is 2.73. The summed E-state index contributed by atoms with van der Waals surface area (Å²) in [5, 5.41) is 1.29. The molecule has 18 heavy (non-hydrogen) atoms. The Morgan fingerprint density at radius 2 is 1.61 bits per heavy atom. The molecule has 3 aromatic rings. The van der Waals surface area contributed by atoms with Gasteiger partial charge in [-0.25, -0.2) is 0 Å². The number of allylic oxidation sites excluding steroid dienone is 1. The highest BCUT2D eigenvalue weighted by Crippen LogP contribution is 2.25. The number of nitrogens with zero attached hydrogens (tertiary/aromatic N) is 1.